The van der Waals surface area contributed by atoms with Crippen LogP contribution >= 0.6 is 0 Å². The third-order valence-corrected chi connectivity index (χ3v) is 2.70. The largest absolute Gasteiger partial charge is 0.433 e. The van der Waals surface area contributed by atoms with Crippen molar-refractivity contribution in [3.8, 4) is 0 Å². The molecule has 3 nitrogen and oxygen atoms in total. The molecule has 0 radical (unpaired) electrons. The number of halogens is 3. The minimum Gasteiger partial charge on any atom is -0.323 e. The molecule has 2 aromatic rings. The van der Waals surface area contributed by atoms with E-state index in [9.17, 15) is 13.2 Å². The molecule has 96 valence electrons. The quantitative estimate of drug-likeness (QED) is 0.608. The molecule has 0 saturated carbocycles. The number of benzene rings is 1. The number of nitrogen functional groups attached to an aromatic ring is 1. The average molecular weight is 255 g/mol. The molecule has 1 heterocycles. The second-order valence-corrected chi connectivity index (χ2v) is 4.17. The van der Waals surface area contributed by atoms with Gasteiger partial charge in [0, 0.05) is 5.39 Å². The van der Waals surface area contributed by atoms with Gasteiger partial charge in [0.05, 0.1) is 11.2 Å². The number of pyridine rings is 1. The predicted octanol–water partition coefficient (Wildman–Crippen LogP) is 3.16. The third-order valence-electron chi connectivity index (χ3n) is 2.70. The SMILES string of the molecule is Cc1cc(C)c2c(NN)cc(C(F)(F)F)nc2c1. The number of rotatable bonds is 1. The van der Waals surface area contributed by atoms with Crippen molar-refractivity contribution in [2.75, 3.05) is 5.43 Å². The van der Waals surface area contributed by atoms with Gasteiger partial charge in [0.25, 0.3) is 0 Å². The number of aromatic nitrogens is 1. The standard InChI is InChI=1S/C12H12F3N3/c1-6-3-7(2)11-8(4-6)17-10(12(13,14)15)5-9(11)18-16/h3-5H,16H2,1-2H3,(H,17,18). The van der Waals surface area contributed by atoms with Gasteiger partial charge in [0.15, 0.2) is 0 Å². The van der Waals surface area contributed by atoms with E-state index in [0.717, 1.165) is 17.2 Å². The number of nitrogens with two attached hydrogens (primary N) is 1. The van der Waals surface area contributed by atoms with E-state index in [-0.39, 0.29) is 11.2 Å². The fourth-order valence-electron chi connectivity index (χ4n) is 2.01. The molecule has 0 unspecified atom stereocenters. The monoisotopic (exact) mass is 255 g/mol. The van der Waals surface area contributed by atoms with Crippen molar-refractivity contribution in [1.29, 1.82) is 0 Å². The molecule has 6 heteroatoms. The number of anilines is 1. The van der Waals surface area contributed by atoms with Crippen molar-refractivity contribution >= 4 is 16.6 Å². The maximum Gasteiger partial charge on any atom is 0.433 e. The Morgan fingerprint density at radius 1 is 1.17 bits per heavy atom. The zero-order valence-corrected chi connectivity index (χ0v) is 9.89. The minimum atomic E-state index is -4.49. The molecule has 0 bridgehead atoms. The number of aryl methyl sites for hydroxylation is 2. The lowest BCUT2D eigenvalue weighted by Gasteiger charge is -2.13. The first-order valence-electron chi connectivity index (χ1n) is 5.28. The molecule has 0 fully saturated rings. The van der Waals surface area contributed by atoms with Gasteiger partial charge in [-0.15, -0.1) is 0 Å². The summed E-state index contributed by atoms with van der Waals surface area (Å²) in [6.45, 7) is 3.62. The summed E-state index contributed by atoms with van der Waals surface area (Å²) in [6, 6.07) is 4.40. The molecule has 1 aromatic heterocycles. The summed E-state index contributed by atoms with van der Waals surface area (Å²) in [5.41, 5.74) is 3.55. The zero-order valence-electron chi connectivity index (χ0n) is 9.89. The van der Waals surface area contributed by atoms with Gasteiger partial charge >= 0.3 is 6.18 Å². The molecule has 1 aromatic carbocycles. The smallest absolute Gasteiger partial charge is 0.323 e. The van der Waals surface area contributed by atoms with Crippen LogP contribution in [0.3, 0.4) is 0 Å². The molecule has 0 atom stereocenters. The highest BCUT2D eigenvalue weighted by atomic mass is 19.4. The van der Waals surface area contributed by atoms with Gasteiger partial charge in [0.1, 0.15) is 5.69 Å². The summed E-state index contributed by atoms with van der Waals surface area (Å²) in [4.78, 5) is 3.66. The summed E-state index contributed by atoms with van der Waals surface area (Å²) in [6.07, 6.45) is -4.49. The van der Waals surface area contributed by atoms with Crippen LogP contribution in [0.4, 0.5) is 18.9 Å². The number of hydrazine groups is 1. The van der Waals surface area contributed by atoms with Gasteiger partial charge in [-0.1, -0.05) is 6.07 Å². The van der Waals surface area contributed by atoms with Gasteiger partial charge in [-0.05, 0) is 37.1 Å². The molecule has 0 aliphatic carbocycles. The maximum absolute atomic E-state index is 12.7. The fraction of sp³-hybridized carbons (Fsp3) is 0.250. The van der Waals surface area contributed by atoms with Gasteiger partial charge in [0.2, 0.25) is 0 Å². The molecule has 0 aliphatic heterocycles. The molecule has 18 heavy (non-hydrogen) atoms. The van der Waals surface area contributed by atoms with Crippen molar-refractivity contribution in [3.63, 3.8) is 0 Å². The van der Waals surface area contributed by atoms with Gasteiger partial charge in [-0.25, -0.2) is 4.98 Å². The van der Waals surface area contributed by atoms with E-state index in [4.69, 9.17) is 5.84 Å². The van der Waals surface area contributed by atoms with Gasteiger partial charge < -0.3 is 5.43 Å². The highest BCUT2D eigenvalue weighted by Gasteiger charge is 2.33. The lowest BCUT2D eigenvalue weighted by molar-refractivity contribution is -0.140. The summed E-state index contributed by atoms with van der Waals surface area (Å²) >= 11 is 0. The number of hydrogen-bond donors (Lipinski definition) is 2. The number of alkyl halides is 3. The van der Waals surface area contributed by atoms with Crippen LogP contribution < -0.4 is 11.3 Å². The number of fused-ring (bicyclic) bond motifs is 1. The Balaban J connectivity index is 2.84. The van der Waals surface area contributed by atoms with Crippen molar-refractivity contribution in [2.45, 2.75) is 20.0 Å². The summed E-state index contributed by atoms with van der Waals surface area (Å²) in [5, 5.41) is 0.608. The van der Waals surface area contributed by atoms with Crippen LogP contribution in [0.15, 0.2) is 18.2 Å². The van der Waals surface area contributed by atoms with Crippen molar-refractivity contribution in [1.82, 2.24) is 4.98 Å². The van der Waals surface area contributed by atoms with Crippen LogP contribution in [0.1, 0.15) is 16.8 Å². The lowest BCUT2D eigenvalue weighted by atomic mass is 10.0. The van der Waals surface area contributed by atoms with Crippen molar-refractivity contribution < 1.29 is 13.2 Å². The highest BCUT2D eigenvalue weighted by molar-refractivity contribution is 5.94. The second kappa shape index (κ2) is 4.13. The van der Waals surface area contributed by atoms with E-state index >= 15 is 0 Å². The molecular formula is C12H12F3N3. The van der Waals surface area contributed by atoms with Gasteiger partial charge in [-0.3, -0.25) is 5.84 Å². The topological polar surface area (TPSA) is 50.9 Å². The average Bonchev–Trinajstić information content (AvgIpc) is 2.25. The van der Waals surface area contributed by atoms with Crippen LogP contribution in [0.5, 0.6) is 0 Å². The zero-order chi connectivity index (χ0) is 13.5. The lowest BCUT2D eigenvalue weighted by Crippen LogP contribution is -2.13. The van der Waals surface area contributed by atoms with E-state index < -0.39 is 11.9 Å². The maximum atomic E-state index is 12.7. The summed E-state index contributed by atoms with van der Waals surface area (Å²) in [5.74, 6) is 5.29. The van der Waals surface area contributed by atoms with Crippen LogP contribution in [-0.2, 0) is 6.18 Å². The Hall–Kier alpha value is -1.82. The normalized spacial score (nSPS) is 11.9. The highest BCUT2D eigenvalue weighted by Crippen LogP contribution is 2.34. The summed E-state index contributed by atoms with van der Waals surface area (Å²) < 4.78 is 38.1. The Labute approximate surface area is 102 Å². The Kier molecular flexibility index (Phi) is 2.90. The van der Waals surface area contributed by atoms with E-state index in [0.29, 0.717) is 5.39 Å². The number of nitrogens with zero attached hydrogens (tertiary/aromatic N) is 1. The fourth-order valence-corrected chi connectivity index (χ4v) is 2.01. The first-order chi connectivity index (χ1) is 8.32. The van der Waals surface area contributed by atoms with Crippen molar-refractivity contribution in [2.24, 2.45) is 5.84 Å². The molecule has 2 rings (SSSR count). The molecular weight excluding hydrogens is 243 g/mol. The molecule has 0 saturated heterocycles. The van der Waals surface area contributed by atoms with E-state index in [1.54, 1.807) is 6.07 Å². The Morgan fingerprint density at radius 3 is 2.39 bits per heavy atom. The predicted molar refractivity (Wildman–Crippen MR) is 64.0 cm³/mol. The molecule has 0 aliphatic rings. The van der Waals surface area contributed by atoms with Gasteiger partial charge in [-0.2, -0.15) is 13.2 Å². The van der Waals surface area contributed by atoms with Crippen LogP contribution in [0.2, 0.25) is 0 Å². The van der Waals surface area contributed by atoms with E-state index in [2.05, 4.69) is 10.4 Å². The molecule has 3 N–H and O–H groups in total. The third kappa shape index (κ3) is 2.11. The van der Waals surface area contributed by atoms with Crippen LogP contribution in [0, 0.1) is 13.8 Å². The molecule has 0 amide bonds. The van der Waals surface area contributed by atoms with E-state index in [1.807, 2.05) is 19.9 Å². The first kappa shape index (κ1) is 12.6. The first-order valence-corrected chi connectivity index (χ1v) is 5.28. The van der Waals surface area contributed by atoms with Crippen molar-refractivity contribution in [3.05, 3.63) is 35.0 Å². The van der Waals surface area contributed by atoms with Crippen LogP contribution in [-0.4, -0.2) is 4.98 Å². The second-order valence-electron chi connectivity index (χ2n) is 4.17. The number of nitrogens with one attached hydrogen (secondary N) is 1. The summed E-state index contributed by atoms with van der Waals surface area (Å²) in [7, 11) is 0. The molecule has 0 spiro atoms. The Morgan fingerprint density at radius 2 is 1.83 bits per heavy atom. The minimum absolute atomic E-state index is 0.227. The number of hydrogen-bond acceptors (Lipinski definition) is 3. The Bertz CT molecular complexity index is 606. The van der Waals surface area contributed by atoms with Crippen LogP contribution in [0.25, 0.3) is 10.9 Å². The van der Waals surface area contributed by atoms with E-state index in [1.165, 1.54) is 0 Å².